The Morgan fingerprint density at radius 2 is 1.88 bits per heavy atom. The molecule has 0 radical (unpaired) electrons. The van der Waals surface area contributed by atoms with E-state index in [1.807, 2.05) is 18.2 Å². The molecule has 0 saturated carbocycles. The van der Waals surface area contributed by atoms with E-state index in [9.17, 15) is 5.11 Å². The van der Waals surface area contributed by atoms with Gasteiger partial charge in [0.15, 0.2) is 0 Å². The summed E-state index contributed by atoms with van der Waals surface area (Å²) in [5.41, 5.74) is 5.13. The Hall–Kier alpha value is -1.61. The van der Waals surface area contributed by atoms with Crippen LogP contribution in [-0.2, 0) is 18.6 Å². The molecule has 0 bridgehead atoms. The van der Waals surface area contributed by atoms with E-state index in [4.69, 9.17) is 11.6 Å². The Labute approximate surface area is 148 Å². The molecule has 1 spiro atoms. The fourth-order valence-corrected chi connectivity index (χ4v) is 4.30. The van der Waals surface area contributed by atoms with Crippen LogP contribution < -0.4 is 0 Å². The summed E-state index contributed by atoms with van der Waals surface area (Å²) in [5.74, 6) is 0. The number of halogens is 1. The molecule has 4 rings (SSSR count). The van der Waals surface area contributed by atoms with Crippen LogP contribution in [0.5, 0.6) is 0 Å². The molecule has 24 heavy (non-hydrogen) atoms. The maximum Gasteiger partial charge on any atom is 0.0682 e. The minimum absolute atomic E-state index is 0.0397. The van der Waals surface area contributed by atoms with Gasteiger partial charge in [0, 0.05) is 17.0 Å². The number of nitrogens with zero attached hydrogens (tertiary/aromatic N) is 1. The first kappa shape index (κ1) is 15.9. The molecule has 0 aromatic heterocycles. The molecule has 0 unspecified atom stereocenters. The molecule has 1 saturated heterocycles. The van der Waals surface area contributed by atoms with Crippen LogP contribution in [0.1, 0.15) is 35.1 Å². The number of benzene rings is 2. The van der Waals surface area contributed by atoms with Crippen LogP contribution in [0.25, 0.3) is 6.08 Å². The highest BCUT2D eigenvalue weighted by Gasteiger charge is 2.37. The number of piperidine rings is 1. The van der Waals surface area contributed by atoms with Gasteiger partial charge in [-0.15, -0.1) is 0 Å². The average molecular weight is 340 g/mol. The molecule has 1 heterocycles. The van der Waals surface area contributed by atoms with Crippen molar-refractivity contribution in [3.05, 3.63) is 75.8 Å². The first-order chi connectivity index (χ1) is 11.7. The van der Waals surface area contributed by atoms with Crippen molar-refractivity contribution in [3.63, 3.8) is 0 Å². The summed E-state index contributed by atoms with van der Waals surface area (Å²) in [5, 5.41) is 9.95. The van der Waals surface area contributed by atoms with Crippen LogP contribution in [0.3, 0.4) is 0 Å². The van der Waals surface area contributed by atoms with Gasteiger partial charge in [-0.2, -0.15) is 0 Å². The van der Waals surface area contributed by atoms with Gasteiger partial charge < -0.3 is 5.11 Å². The predicted molar refractivity (Wildman–Crippen MR) is 99.0 cm³/mol. The van der Waals surface area contributed by atoms with E-state index in [0.29, 0.717) is 0 Å². The number of hydrogen-bond acceptors (Lipinski definition) is 2. The van der Waals surface area contributed by atoms with Crippen LogP contribution >= 0.6 is 11.6 Å². The van der Waals surface area contributed by atoms with Gasteiger partial charge >= 0.3 is 0 Å². The van der Waals surface area contributed by atoms with Gasteiger partial charge in [0.25, 0.3) is 0 Å². The molecule has 3 heteroatoms. The molecule has 0 amide bonds. The van der Waals surface area contributed by atoms with Crippen molar-refractivity contribution in [2.24, 2.45) is 0 Å². The van der Waals surface area contributed by atoms with Crippen LogP contribution in [0.4, 0.5) is 0 Å². The number of hydrogen-bond donors (Lipinski definition) is 1. The van der Waals surface area contributed by atoms with Gasteiger partial charge in [0.05, 0.1) is 6.61 Å². The standard InChI is InChI=1S/C21H22ClNO/c22-20-13-16(15-24)5-6-18(20)14-23-11-9-21(10-12-23)8-7-17-3-1-2-4-19(17)21/h1-8,13,24H,9-12,14-15H2. The van der Waals surface area contributed by atoms with E-state index in [0.717, 1.165) is 48.6 Å². The Balaban J connectivity index is 1.45. The lowest BCUT2D eigenvalue weighted by molar-refractivity contribution is 0.177. The van der Waals surface area contributed by atoms with E-state index in [-0.39, 0.29) is 12.0 Å². The summed E-state index contributed by atoms with van der Waals surface area (Å²) in [6.07, 6.45) is 7.02. The lowest BCUT2D eigenvalue weighted by atomic mass is 9.74. The number of fused-ring (bicyclic) bond motifs is 2. The minimum Gasteiger partial charge on any atom is -0.392 e. The van der Waals surface area contributed by atoms with Crippen LogP contribution in [0, 0.1) is 0 Å². The fourth-order valence-electron chi connectivity index (χ4n) is 4.04. The second kappa shape index (κ2) is 6.36. The molecular weight excluding hydrogens is 318 g/mol. The highest BCUT2D eigenvalue weighted by atomic mass is 35.5. The van der Waals surface area contributed by atoms with E-state index < -0.39 is 0 Å². The molecule has 2 nitrogen and oxygen atoms in total. The van der Waals surface area contributed by atoms with Crippen molar-refractivity contribution in [1.29, 1.82) is 0 Å². The Bertz CT molecular complexity index is 775. The lowest BCUT2D eigenvalue weighted by Gasteiger charge is -2.39. The first-order valence-corrected chi connectivity index (χ1v) is 8.97. The van der Waals surface area contributed by atoms with Gasteiger partial charge in [-0.3, -0.25) is 4.90 Å². The smallest absolute Gasteiger partial charge is 0.0682 e. The predicted octanol–water partition coefficient (Wildman–Crippen LogP) is 4.39. The number of rotatable bonds is 3. The van der Waals surface area contributed by atoms with Gasteiger partial charge in [0.2, 0.25) is 0 Å². The van der Waals surface area contributed by atoms with Gasteiger partial charge in [-0.25, -0.2) is 0 Å². The summed E-state index contributed by atoms with van der Waals surface area (Å²) in [7, 11) is 0. The third-order valence-electron chi connectivity index (χ3n) is 5.52. The van der Waals surface area contributed by atoms with Crippen molar-refractivity contribution in [2.75, 3.05) is 13.1 Å². The van der Waals surface area contributed by atoms with Crippen molar-refractivity contribution in [3.8, 4) is 0 Å². The summed E-state index contributed by atoms with van der Waals surface area (Å²) in [6, 6.07) is 14.7. The van der Waals surface area contributed by atoms with E-state index in [1.54, 1.807) is 0 Å². The molecule has 2 aliphatic rings. The summed E-state index contributed by atoms with van der Waals surface area (Å²) in [4.78, 5) is 2.49. The number of aliphatic hydroxyl groups is 1. The maximum absolute atomic E-state index is 9.20. The molecule has 0 atom stereocenters. The number of aliphatic hydroxyl groups excluding tert-OH is 1. The second-order valence-corrected chi connectivity index (χ2v) is 7.34. The normalized spacial score (nSPS) is 18.9. The van der Waals surface area contributed by atoms with E-state index in [2.05, 4.69) is 41.3 Å². The number of likely N-dealkylation sites (tertiary alicyclic amines) is 1. The quantitative estimate of drug-likeness (QED) is 0.896. The lowest BCUT2D eigenvalue weighted by Crippen LogP contribution is -2.40. The van der Waals surface area contributed by atoms with Gasteiger partial charge in [-0.1, -0.05) is 60.2 Å². The Morgan fingerprint density at radius 3 is 2.62 bits per heavy atom. The minimum atomic E-state index is 0.0397. The summed E-state index contributed by atoms with van der Waals surface area (Å²) < 4.78 is 0. The zero-order valence-corrected chi connectivity index (χ0v) is 14.5. The third kappa shape index (κ3) is 2.79. The van der Waals surface area contributed by atoms with Crippen molar-refractivity contribution in [1.82, 2.24) is 4.90 Å². The third-order valence-corrected chi connectivity index (χ3v) is 5.87. The second-order valence-electron chi connectivity index (χ2n) is 6.94. The monoisotopic (exact) mass is 339 g/mol. The van der Waals surface area contributed by atoms with Crippen molar-refractivity contribution < 1.29 is 5.11 Å². The highest BCUT2D eigenvalue weighted by molar-refractivity contribution is 6.31. The largest absolute Gasteiger partial charge is 0.392 e. The zero-order chi connectivity index (χ0) is 16.6. The number of allylic oxidation sites excluding steroid dienone is 1. The molecule has 124 valence electrons. The Kier molecular flexibility index (Phi) is 4.21. The summed E-state index contributed by atoms with van der Waals surface area (Å²) >= 11 is 6.37. The molecule has 1 aliphatic carbocycles. The van der Waals surface area contributed by atoms with Crippen LogP contribution in [0.15, 0.2) is 48.5 Å². The first-order valence-electron chi connectivity index (χ1n) is 8.59. The van der Waals surface area contributed by atoms with Crippen molar-refractivity contribution >= 4 is 17.7 Å². The maximum atomic E-state index is 9.20. The van der Waals surface area contributed by atoms with E-state index >= 15 is 0 Å². The van der Waals surface area contributed by atoms with Crippen LogP contribution in [-0.4, -0.2) is 23.1 Å². The zero-order valence-electron chi connectivity index (χ0n) is 13.7. The highest BCUT2D eigenvalue weighted by Crippen LogP contribution is 2.43. The van der Waals surface area contributed by atoms with Crippen LogP contribution in [0.2, 0.25) is 5.02 Å². The van der Waals surface area contributed by atoms with Gasteiger partial charge in [-0.05, 0) is 54.3 Å². The topological polar surface area (TPSA) is 23.5 Å². The molecular formula is C21H22ClNO. The van der Waals surface area contributed by atoms with E-state index in [1.165, 1.54) is 11.1 Å². The molecule has 1 aliphatic heterocycles. The average Bonchev–Trinajstić information content (AvgIpc) is 2.97. The van der Waals surface area contributed by atoms with Gasteiger partial charge in [0.1, 0.15) is 0 Å². The fraction of sp³-hybridized carbons (Fsp3) is 0.333. The molecule has 2 aromatic carbocycles. The van der Waals surface area contributed by atoms with Crippen molar-refractivity contribution in [2.45, 2.75) is 31.4 Å². The molecule has 1 fully saturated rings. The SMILES string of the molecule is OCc1ccc(CN2CCC3(C=Cc4ccccc43)CC2)c(Cl)c1. The molecule has 1 N–H and O–H groups in total. The Morgan fingerprint density at radius 1 is 1.08 bits per heavy atom. The molecule has 2 aromatic rings. The summed E-state index contributed by atoms with van der Waals surface area (Å²) in [6.45, 7) is 3.08.